The van der Waals surface area contributed by atoms with Gasteiger partial charge >= 0.3 is 0 Å². The van der Waals surface area contributed by atoms with Gasteiger partial charge in [0, 0.05) is 11.7 Å². The van der Waals surface area contributed by atoms with Gasteiger partial charge in [-0.2, -0.15) is 0 Å². The van der Waals surface area contributed by atoms with E-state index in [1.54, 1.807) is 0 Å². The summed E-state index contributed by atoms with van der Waals surface area (Å²) in [4.78, 5) is 16.7. The first-order valence-corrected chi connectivity index (χ1v) is 6.64. The second-order valence-electron chi connectivity index (χ2n) is 5.45. The maximum atomic E-state index is 12.3. The fourth-order valence-corrected chi connectivity index (χ4v) is 2.08. The number of nitrogens with one attached hydrogen (secondary N) is 1. The van der Waals surface area contributed by atoms with Crippen LogP contribution >= 0.6 is 0 Å². The molecule has 1 fully saturated rings. The van der Waals surface area contributed by atoms with Gasteiger partial charge in [-0.15, -0.1) is 0 Å². The lowest BCUT2D eigenvalue weighted by Gasteiger charge is -2.09. The highest BCUT2D eigenvalue weighted by Crippen LogP contribution is 2.26. The minimum atomic E-state index is -0.0527. The second-order valence-corrected chi connectivity index (χ2v) is 5.45. The van der Waals surface area contributed by atoms with Crippen LogP contribution in [0.15, 0.2) is 10.6 Å². The van der Waals surface area contributed by atoms with Crippen molar-refractivity contribution in [2.24, 2.45) is 0 Å². The van der Waals surface area contributed by atoms with Crippen molar-refractivity contribution in [2.75, 3.05) is 0 Å². The van der Waals surface area contributed by atoms with Gasteiger partial charge in [0.25, 0.3) is 11.6 Å². The lowest BCUT2D eigenvalue weighted by atomic mass is 10.0. The van der Waals surface area contributed by atoms with Gasteiger partial charge in [-0.3, -0.25) is 4.79 Å². The van der Waals surface area contributed by atoms with Crippen molar-refractivity contribution in [3.05, 3.63) is 23.0 Å². The molecule has 0 unspecified atom stereocenters. The molecule has 100 valence electrons. The van der Waals surface area contributed by atoms with E-state index in [1.807, 2.05) is 26.8 Å². The van der Waals surface area contributed by atoms with E-state index in [9.17, 15) is 4.79 Å². The second kappa shape index (κ2) is 4.33. The molecule has 1 saturated carbocycles. The Hall–Kier alpha value is -1.91. The van der Waals surface area contributed by atoms with Crippen molar-refractivity contribution in [1.82, 2.24) is 15.5 Å². The highest BCUT2D eigenvalue weighted by Gasteiger charge is 2.26. The standard InChI is InChI=1S/C14H17N3O2/c1-7(2)11-6-10(13(18)15-9-4-5-9)12-8(3)17-19-14(12)16-11/h6-7,9H,4-5H2,1-3H3,(H,15,18). The van der Waals surface area contributed by atoms with Crippen LogP contribution in [0, 0.1) is 6.92 Å². The van der Waals surface area contributed by atoms with Crippen LogP contribution in [0.25, 0.3) is 11.1 Å². The normalized spacial score (nSPS) is 15.2. The molecule has 2 heterocycles. The third-order valence-electron chi connectivity index (χ3n) is 3.39. The fraction of sp³-hybridized carbons (Fsp3) is 0.500. The number of rotatable bonds is 3. The first-order valence-electron chi connectivity index (χ1n) is 6.64. The van der Waals surface area contributed by atoms with Crippen molar-refractivity contribution < 1.29 is 9.32 Å². The molecule has 1 N–H and O–H groups in total. The van der Waals surface area contributed by atoms with Crippen LogP contribution in [0.5, 0.6) is 0 Å². The number of carbonyl (C=O) groups is 1. The molecule has 5 nitrogen and oxygen atoms in total. The monoisotopic (exact) mass is 259 g/mol. The molecule has 3 rings (SSSR count). The van der Waals surface area contributed by atoms with Gasteiger partial charge in [-0.25, -0.2) is 4.98 Å². The minimum absolute atomic E-state index is 0.0527. The zero-order chi connectivity index (χ0) is 13.6. The maximum absolute atomic E-state index is 12.3. The summed E-state index contributed by atoms with van der Waals surface area (Å²) >= 11 is 0. The molecule has 1 amide bonds. The van der Waals surface area contributed by atoms with Gasteiger partial charge in [0.2, 0.25) is 0 Å². The lowest BCUT2D eigenvalue weighted by Crippen LogP contribution is -2.26. The van der Waals surface area contributed by atoms with Gasteiger partial charge < -0.3 is 9.84 Å². The number of aryl methyl sites for hydroxylation is 1. The molecular formula is C14H17N3O2. The summed E-state index contributed by atoms with van der Waals surface area (Å²) in [6, 6.07) is 2.19. The van der Waals surface area contributed by atoms with E-state index in [1.165, 1.54) is 0 Å². The predicted molar refractivity (Wildman–Crippen MR) is 71.1 cm³/mol. The number of carbonyl (C=O) groups excluding carboxylic acids is 1. The van der Waals surface area contributed by atoms with E-state index < -0.39 is 0 Å². The molecule has 0 spiro atoms. The zero-order valence-electron chi connectivity index (χ0n) is 11.4. The van der Waals surface area contributed by atoms with Crippen LogP contribution in [0.2, 0.25) is 0 Å². The van der Waals surface area contributed by atoms with Crippen molar-refractivity contribution in [1.29, 1.82) is 0 Å². The van der Waals surface area contributed by atoms with Crippen LogP contribution in [-0.4, -0.2) is 22.1 Å². The molecule has 0 atom stereocenters. The van der Waals surface area contributed by atoms with Crippen LogP contribution in [-0.2, 0) is 0 Å². The van der Waals surface area contributed by atoms with Crippen LogP contribution in [0.4, 0.5) is 0 Å². The smallest absolute Gasteiger partial charge is 0.259 e. The highest BCUT2D eigenvalue weighted by atomic mass is 16.5. The molecule has 0 bridgehead atoms. The summed E-state index contributed by atoms with van der Waals surface area (Å²) in [5.74, 6) is 0.186. The number of hydrogen-bond acceptors (Lipinski definition) is 4. The van der Waals surface area contributed by atoms with Gasteiger partial charge in [0.05, 0.1) is 16.6 Å². The Morgan fingerprint density at radius 1 is 1.47 bits per heavy atom. The number of hydrogen-bond donors (Lipinski definition) is 1. The first kappa shape index (κ1) is 12.1. The molecule has 0 aliphatic heterocycles. The average Bonchev–Trinajstić information content (AvgIpc) is 3.11. The van der Waals surface area contributed by atoms with E-state index in [2.05, 4.69) is 15.5 Å². The summed E-state index contributed by atoms with van der Waals surface area (Å²) < 4.78 is 5.21. The molecule has 0 aromatic carbocycles. The van der Waals surface area contributed by atoms with Crippen molar-refractivity contribution in [3.63, 3.8) is 0 Å². The molecule has 2 aromatic rings. The summed E-state index contributed by atoms with van der Waals surface area (Å²) in [5.41, 5.74) is 2.63. The van der Waals surface area contributed by atoms with Gasteiger partial charge in [0.1, 0.15) is 0 Å². The third kappa shape index (κ3) is 2.20. The topological polar surface area (TPSA) is 68.0 Å². The van der Waals surface area contributed by atoms with E-state index in [0.29, 0.717) is 23.0 Å². The van der Waals surface area contributed by atoms with Crippen LogP contribution in [0.3, 0.4) is 0 Å². The Bertz CT molecular complexity index is 641. The van der Waals surface area contributed by atoms with Gasteiger partial charge in [-0.05, 0) is 31.7 Å². The van der Waals surface area contributed by atoms with Gasteiger partial charge in [-0.1, -0.05) is 19.0 Å². The molecular weight excluding hydrogens is 242 g/mol. The molecule has 1 aliphatic carbocycles. The van der Waals surface area contributed by atoms with E-state index >= 15 is 0 Å². The van der Waals surface area contributed by atoms with E-state index in [4.69, 9.17) is 4.52 Å². The number of nitrogens with zero attached hydrogens (tertiary/aromatic N) is 2. The van der Waals surface area contributed by atoms with Crippen molar-refractivity contribution >= 4 is 17.0 Å². The quantitative estimate of drug-likeness (QED) is 0.919. The third-order valence-corrected chi connectivity index (χ3v) is 3.39. The average molecular weight is 259 g/mol. The molecule has 5 heteroatoms. The Balaban J connectivity index is 2.12. The number of pyridine rings is 1. The van der Waals surface area contributed by atoms with E-state index in [0.717, 1.165) is 23.9 Å². The largest absolute Gasteiger partial charge is 0.349 e. The lowest BCUT2D eigenvalue weighted by molar-refractivity contribution is 0.0952. The number of fused-ring (bicyclic) bond motifs is 1. The highest BCUT2D eigenvalue weighted by molar-refractivity contribution is 6.06. The Kier molecular flexibility index (Phi) is 2.77. The Morgan fingerprint density at radius 2 is 2.21 bits per heavy atom. The van der Waals surface area contributed by atoms with E-state index in [-0.39, 0.29) is 11.8 Å². The maximum Gasteiger partial charge on any atom is 0.259 e. The molecule has 19 heavy (non-hydrogen) atoms. The summed E-state index contributed by atoms with van der Waals surface area (Å²) in [6.07, 6.45) is 2.14. The minimum Gasteiger partial charge on any atom is -0.349 e. The Morgan fingerprint density at radius 3 is 2.84 bits per heavy atom. The summed E-state index contributed by atoms with van der Waals surface area (Å²) in [7, 11) is 0. The molecule has 0 saturated heterocycles. The van der Waals surface area contributed by atoms with Crippen molar-refractivity contribution in [2.45, 2.75) is 45.6 Å². The SMILES string of the molecule is Cc1noc2nc(C(C)C)cc(C(=O)NC3CC3)c12. The van der Waals surface area contributed by atoms with Crippen LogP contribution < -0.4 is 5.32 Å². The number of aromatic nitrogens is 2. The molecule has 1 aliphatic rings. The molecule has 0 radical (unpaired) electrons. The van der Waals surface area contributed by atoms with Gasteiger partial charge in [0.15, 0.2) is 0 Å². The predicted octanol–water partition coefficient (Wildman–Crippen LogP) is 2.55. The summed E-state index contributed by atoms with van der Waals surface area (Å²) in [5, 5.41) is 7.65. The first-order chi connectivity index (χ1) is 9.06. The molecule has 2 aromatic heterocycles. The van der Waals surface area contributed by atoms with Crippen LogP contribution in [0.1, 0.15) is 54.4 Å². The fourth-order valence-electron chi connectivity index (χ4n) is 2.08. The van der Waals surface area contributed by atoms with Crippen molar-refractivity contribution in [3.8, 4) is 0 Å². The summed E-state index contributed by atoms with van der Waals surface area (Å²) in [6.45, 7) is 5.91. The Labute approximate surface area is 111 Å². The zero-order valence-corrected chi connectivity index (χ0v) is 11.4. The number of amides is 1.